The molecule has 0 bridgehead atoms. The van der Waals surface area contributed by atoms with E-state index < -0.39 is 6.23 Å². The first-order valence-corrected chi connectivity index (χ1v) is 5.81. The van der Waals surface area contributed by atoms with Gasteiger partial charge in [0.1, 0.15) is 0 Å². The third-order valence-corrected chi connectivity index (χ3v) is 3.34. The molecule has 0 saturated carbocycles. The fourth-order valence-corrected chi connectivity index (χ4v) is 2.51. The molecule has 0 spiro atoms. The van der Waals surface area contributed by atoms with E-state index in [1.165, 1.54) is 0 Å². The Balaban J connectivity index is 2.45. The quantitative estimate of drug-likeness (QED) is 0.799. The Morgan fingerprint density at radius 3 is 2.72 bits per heavy atom. The normalized spacial score (nSPS) is 17.7. The number of hydrogen-bond donors (Lipinski definition) is 2. The van der Waals surface area contributed by atoms with Crippen molar-refractivity contribution in [1.82, 2.24) is 5.32 Å². The predicted molar refractivity (Wildman–Crippen MR) is 70.7 cm³/mol. The Bertz CT molecular complexity index is 650. The highest BCUT2D eigenvalue weighted by atomic mass is 16.3. The van der Waals surface area contributed by atoms with Crippen molar-refractivity contribution < 1.29 is 9.90 Å². The van der Waals surface area contributed by atoms with Crippen LogP contribution in [-0.4, -0.2) is 25.1 Å². The number of nitrogens with one attached hydrogen (secondary N) is 1. The first-order chi connectivity index (χ1) is 8.59. The van der Waals surface area contributed by atoms with Crippen LogP contribution in [0.4, 0.5) is 5.69 Å². The van der Waals surface area contributed by atoms with Gasteiger partial charge in [0, 0.05) is 41.7 Å². The molecule has 4 heteroatoms. The van der Waals surface area contributed by atoms with E-state index in [0.29, 0.717) is 5.56 Å². The second-order valence-corrected chi connectivity index (χ2v) is 4.67. The van der Waals surface area contributed by atoms with E-state index in [0.717, 1.165) is 22.0 Å². The fourth-order valence-electron chi connectivity index (χ4n) is 2.51. The van der Waals surface area contributed by atoms with E-state index >= 15 is 0 Å². The lowest BCUT2D eigenvalue weighted by atomic mass is 9.93. The van der Waals surface area contributed by atoms with Crippen LogP contribution in [0.1, 0.15) is 22.1 Å². The third kappa shape index (κ3) is 1.39. The minimum Gasteiger partial charge on any atom is -0.377 e. The zero-order valence-corrected chi connectivity index (χ0v) is 10.3. The van der Waals surface area contributed by atoms with Crippen molar-refractivity contribution in [1.29, 1.82) is 0 Å². The molecule has 2 aromatic rings. The first kappa shape index (κ1) is 11.0. The van der Waals surface area contributed by atoms with Gasteiger partial charge in [0.2, 0.25) is 0 Å². The molecule has 0 saturated heterocycles. The van der Waals surface area contributed by atoms with Crippen molar-refractivity contribution in [3.8, 4) is 0 Å². The molecule has 1 unspecified atom stereocenters. The third-order valence-electron chi connectivity index (χ3n) is 3.34. The largest absolute Gasteiger partial charge is 0.377 e. The van der Waals surface area contributed by atoms with Crippen molar-refractivity contribution in [3.63, 3.8) is 0 Å². The molecule has 1 amide bonds. The van der Waals surface area contributed by atoms with Gasteiger partial charge in [0.05, 0.1) is 0 Å². The molecule has 18 heavy (non-hydrogen) atoms. The van der Waals surface area contributed by atoms with Crippen molar-refractivity contribution in [2.75, 3.05) is 19.0 Å². The fraction of sp³-hybridized carbons (Fsp3) is 0.214. The Morgan fingerprint density at radius 2 is 2.00 bits per heavy atom. The van der Waals surface area contributed by atoms with E-state index in [1.54, 1.807) is 6.07 Å². The number of aliphatic hydroxyl groups excluding tert-OH is 1. The number of anilines is 1. The molecule has 4 nitrogen and oxygen atoms in total. The van der Waals surface area contributed by atoms with Gasteiger partial charge in [-0.05, 0) is 12.1 Å². The summed E-state index contributed by atoms with van der Waals surface area (Å²) in [6.07, 6.45) is -0.925. The van der Waals surface area contributed by atoms with Crippen molar-refractivity contribution >= 4 is 22.4 Å². The number of rotatable bonds is 1. The summed E-state index contributed by atoms with van der Waals surface area (Å²) in [4.78, 5) is 13.9. The average molecular weight is 242 g/mol. The highest BCUT2D eigenvalue weighted by Crippen LogP contribution is 2.35. The van der Waals surface area contributed by atoms with Gasteiger partial charge in [-0.25, -0.2) is 0 Å². The second kappa shape index (κ2) is 3.71. The molecule has 0 aromatic heterocycles. The van der Waals surface area contributed by atoms with Crippen LogP contribution in [0.25, 0.3) is 10.8 Å². The molecule has 0 aliphatic carbocycles. The summed E-state index contributed by atoms with van der Waals surface area (Å²) in [6.45, 7) is 0. The summed E-state index contributed by atoms with van der Waals surface area (Å²) in [5.41, 5.74) is 2.42. The molecular weight excluding hydrogens is 228 g/mol. The van der Waals surface area contributed by atoms with E-state index in [9.17, 15) is 9.90 Å². The van der Waals surface area contributed by atoms with Gasteiger partial charge in [-0.2, -0.15) is 0 Å². The monoisotopic (exact) mass is 242 g/mol. The van der Waals surface area contributed by atoms with E-state index in [4.69, 9.17) is 0 Å². The Labute approximate surface area is 105 Å². The van der Waals surface area contributed by atoms with E-state index in [2.05, 4.69) is 5.32 Å². The van der Waals surface area contributed by atoms with Crippen molar-refractivity contribution in [3.05, 3.63) is 41.5 Å². The maximum Gasteiger partial charge on any atom is 0.254 e. The summed E-state index contributed by atoms with van der Waals surface area (Å²) in [7, 11) is 3.92. The van der Waals surface area contributed by atoms with Gasteiger partial charge in [0.25, 0.3) is 5.91 Å². The first-order valence-electron chi connectivity index (χ1n) is 5.81. The number of aliphatic hydroxyl groups is 1. The SMILES string of the molecule is CN(C)c1ccc2c3c(cccc13)C(=O)NC2O. The number of benzene rings is 2. The highest BCUT2D eigenvalue weighted by molar-refractivity contribution is 6.13. The molecule has 92 valence electrons. The lowest BCUT2D eigenvalue weighted by Crippen LogP contribution is -2.32. The summed E-state index contributed by atoms with van der Waals surface area (Å²) in [5, 5.41) is 14.3. The summed E-state index contributed by atoms with van der Waals surface area (Å²) < 4.78 is 0. The van der Waals surface area contributed by atoms with Gasteiger partial charge in [-0.3, -0.25) is 4.79 Å². The smallest absolute Gasteiger partial charge is 0.254 e. The predicted octanol–water partition coefficient (Wildman–Crippen LogP) is 1.64. The molecule has 0 radical (unpaired) electrons. The maximum absolute atomic E-state index is 11.9. The van der Waals surface area contributed by atoms with Crippen molar-refractivity contribution in [2.24, 2.45) is 0 Å². The minimum atomic E-state index is -0.925. The molecule has 1 aliphatic heterocycles. The van der Waals surface area contributed by atoms with Gasteiger partial charge in [0.15, 0.2) is 6.23 Å². The molecular formula is C14H14N2O2. The molecule has 2 aromatic carbocycles. The lowest BCUT2D eigenvalue weighted by molar-refractivity contribution is 0.0773. The van der Waals surface area contributed by atoms with Gasteiger partial charge >= 0.3 is 0 Å². The van der Waals surface area contributed by atoms with Crippen LogP contribution in [0, 0.1) is 0 Å². The molecule has 2 N–H and O–H groups in total. The number of amides is 1. The van der Waals surface area contributed by atoms with Gasteiger partial charge < -0.3 is 15.3 Å². The summed E-state index contributed by atoms with van der Waals surface area (Å²) >= 11 is 0. The zero-order valence-electron chi connectivity index (χ0n) is 10.3. The van der Waals surface area contributed by atoms with Gasteiger partial charge in [-0.15, -0.1) is 0 Å². The van der Waals surface area contributed by atoms with Crippen LogP contribution >= 0.6 is 0 Å². The van der Waals surface area contributed by atoms with Gasteiger partial charge in [-0.1, -0.05) is 18.2 Å². The topological polar surface area (TPSA) is 52.6 Å². The van der Waals surface area contributed by atoms with Crippen LogP contribution in [0.15, 0.2) is 30.3 Å². The van der Waals surface area contributed by atoms with Crippen molar-refractivity contribution in [2.45, 2.75) is 6.23 Å². The zero-order chi connectivity index (χ0) is 12.9. The Hall–Kier alpha value is -2.07. The molecule has 1 aliphatic rings. The maximum atomic E-state index is 11.9. The van der Waals surface area contributed by atoms with Crippen LogP contribution < -0.4 is 10.2 Å². The number of carbonyl (C=O) groups is 1. The van der Waals surface area contributed by atoms with Crippen LogP contribution in [0.5, 0.6) is 0 Å². The average Bonchev–Trinajstić information content (AvgIpc) is 2.34. The molecule has 0 fully saturated rings. The standard InChI is InChI=1S/C14H14N2O2/c1-16(2)11-7-6-10-12-8(11)4-3-5-9(12)13(17)15-14(10)18/h3-7,14,18H,1-2H3,(H,15,17). The highest BCUT2D eigenvalue weighted by Gasteiger charge is 2.25. The lowest BCUT2D eigenvalue weighted by Gasteiger charge is -2.25. The van der Waals surface area contributed by atoms with E-state index in [-0.39, 0.29) is 5.91 Å². The number of hydrogen-bond acceptors (Lipinski definition) is 3. The Morgan fingerprint density at radius 1 is 1.22 bits per heavy atom. The van der Waals surface area contributed by atoms with E-state index in [1.807, 2.05) is 43.3 Å². The molecule has 1 atom stereocenters. The second-order valence-electron chi connectivity index (χ2n) is 4.67. The number of carbonyl (C=O) groups excluding carboxylic acids is 1. The number of nitrogens with zero attached hydrogens (tertiary/aromatic N) is 1. The minimum absolute atomic E-state index is 0.225. The van der Waals surface area contributed by atoms with Crippen LogP contribution in [0.2, 0.25) is 0 Å². The summed E-state index contributed by atoms with van der Waals surface area (Å²) in [6, 6.07) is 9.45. The van der Waals surface area contributed by atoms with Crippen LogP contribution in [0.3, 0.4) is 0 Å². The molecule has 3 rings (SSSR count). The Kier molecular flexibility index (Phi) is 2.28. The van der Waals surface area contributed by atoms with Crippen LogP contribution in [-0.2, 0) is 0 Å². The summed E-state index contributed by atoms with van der Waals surface area (Å²) in [5.74, 6) is -0.225. The molecule has 1 heterocycles.